The lowest BCUT2D eigenvalue weighted by Gasteiger charge is -2.20. The van der Waals surface area contributed by atoms with Crippen LogP contribution in [-0.2, 0) is 10.0 Å². The SMILES string of the molecule is CCC(C)C(C)NC(=O)c1cc(S(N)(=O)=O)cc(F)c1Cl. The summed E-state index contributed by atoms with van der Waals surface area (Å²) in [6.45, 7) is 5.73. The molecule has 0 bridgehead atoms. The maximum absolute atomic E-state index is 13.7. The number of amides is 1. The molecule has 0 radical (unpaired) electrons. The lowest BCUT2D eigenvalue weighted by atomic mass is 10.0. The molecule has 1 aromatic rings. The number of hydrogen-bond donors (Lipinski definition) is 2. The predicted molar refractivity (Wildman–Crippen MR) is 79.2 cm³/mol. The van der Waals surface area contributed by atoms with Crippen molar-refractivity contribution in [2.24, 2.45) is 11.1 Å². The summed E-state index contributed by atoms with van der Waals surface area (Å²) in [7, 11) is -4.13. The van der Waals surface area contributed by atoms with Crippen molar-refractivity contribution >= 4 is 27.5 Å². The van der Waals surface area contributed by atoms with Crippen LogP contribution in [0.25, 0.3) is 0 Å². The molecule has 0 aliphatic rings. The Kier molecular flexibility index (Phi) is 5.72. The molecular formula is C13H18ClFN2O3S. The zero-order valence-electron chi connectivity index (χ0n) is 12.0. The van der Waals surface area contributed by atoms with Crippen LogP contribution in [0.2, 0.25) is 5.02 Å². The van der Waals surface area contributed by atoms with Crippen molar-refractivity contribution in [1.29, 1.82) is 0 Å². The highest BCUT2D eigenvalue weighted by Gasteiger charge is 2.22. The molecule has 1 aromatic carbocycles. The Labute approximate surface area is 128 Å². The van der Waals surface area contributed by atoms with Gasteiger partial charge in [0.2, 0.25) is 10.0 Å². The molecule has 0 spiro atoms. The average molecular weight is 337 g/mol. The van der Waals surface area contributed by atoms with Crippen LogP contribution < -0.4 is 10.5 Å². The molecule has 0 aliphatic heterocycles. The van der Waals surface area contributed by atoms with Gasteiger partial charge in [-0.25, -0.2) is 17.9 Å². The predicted octanol–water partition coefficient (Wildman–Crippen LogP) is 2.29. The van der Waals surface area contributed by atoms with E-state index >= 15 is 0 Å². The van der Waals surface area contributed by atoms with Crippen molar-refractivity contribution < 1.29 is 17.6 Å². The largest absolute Gasteiger partial charge is 0.349 e. The van der Waals surface area contributed by atoms with E-state index in [-0.39, 0.29) is 17.5 Å². The van der Waals surface area contributed by atoms with E-state index < -0.39 is 31.7 Å². The van der Waals surface area contributed by atoms with Crippen LogP contribution in [0.1, 0.15) is 37.6 Å². The Balaban J connectivity index is 3.18. The summed E-state index contributed by atoms with van der Waals surface area (Å²) in [6.07, 6.45) is 0.848. The van der Waals surface area contributed by atoms with Crippen LogP contribution in [0.5, 0.6) is 0 Å². The monoisotopic (exact) mass is 336 g/mol. The molecule has 2 atom stereocenters. The van der Waals surface area contributed by atoms with Crippen molar-refractivity contribution in [2.45, 2.75) is 38.1 Å². The maximum atomic E-state index is 13.7. The Hall–Kier alpha value is -1.18. The lowest BCUT2D eigenvalue weighted by molar-refractivity contribution is 0.0927. The van der Waals surface area contributed by atoms with Crippen molar-refractivity contribution in [3.63, 3.8) is 0 Å². The molecule has 21 heavy (non-hydrogen) atoms. The van der Waals surface area contributed by atoms with E-state index in [9.17, 15) is 17.6 Å². The summed E-state index contributed by atoms with van der Waals surface area (Å²) in [5, 5.41) is 7.18. The van der Waals surface area contributed by atoms with Gasteiger partial charge >= 0.3 is 0 Å². The fourth-order valence-electron chi connectivity index (χ4n) is 1.67. The van der Waals surface area contributed by atoms with E-state index in [1.165, 1.54) is 0 Å². The summed E-state index contributed by atoms with van der Waals surface area (Å²) in [6, 6.07) is 1.49. The summed E-state index contributed by atoms with van der Waals surface area (Å²) in [4.78, 5) is 11.6. The van der Waals surface area contributed by atoms with E-state index in [2.05, 4.69) is 5.32 Å². The van der Waals surface area contributed by atoms with Gasteiger partial charge in [-0.3, -0.25) is 4.79 Å². The number of sulfonamides is 1. The number of hydrogen-bond acceptors (Lipinski definition) is 3. The van der Waals surface area contributed by atoms with E-state index in [0.717, 1.165) is 12.5 Å². The number of carbonyl (C=O) groups excluding carboxylic acids is 1. The minimum Gasteiger partial charge on any atom is -0.349 e. The van der Waals surface area contributed by atoms with Gasteiger partial charge in [0.1, 0.15) is 5.82 Å². The minimum atomic E-state index is -4.13. The highest BCUT2D eigenvalue weighted by molar-refractivity contribution is 7.89. The van der Waals surface area contributed by atoms with Crippen LogP contribution in [-0.4, -0.2) is 20.4 Å². The van der Waals surface area contributed by atoms with E-state index in [4.69, 9.17) is 16.7 Å². The van der Waals surface area contributed by atoms with Crippen LogP contribution in [0.4, 0.5) is 4.39 Å². The van der Waals surface area contributed by atoms with Crippen molar-refractivity contribution in [1.82, 2.24) is 5.32 Å². The van der Waals surface area contributed by atoms with Gasteiger partial charge in [0.15, 0.2) is 0 Å². The van der Waals surface area contributed by atoms with E-state index in [0.29, 0.717) is 6.07 Å². The highest BCUT2D eigenvalue weighted by Crippen LogP contribution is 2.24. The first-order valence-electron chi connectivity index (χ1n) is 6.40. The van der Waals surface area contributed by atoms with Gasteiger partial charge in [-0.1, -0.05) is 31.9 Å². The smallest absolute Gasteiger partial charge is 0.253 e. The zero-order chi connectivity index (χ0) is 16.4. The standard InChI is InChI=1S/C13H18ClFN2O3S/c1-4-7(2)8(3)17-13(18)10-5-9(21(16,19)20)6-11(15)12(10)14/h5-8H,4H2,1-3H3,(H,17,18)(H2,16,19,20). The topological polar surface area (TPSA) is 89.3 Å². The molecule has 1 rings (SSSR count). The van der Waals surface area contributed by atoms with Gasteiger partial charge in [-0.15, -0.1) is 0 Å². The van der Waals surface area contributed by atoms with Gasteiger partial charge in [0.05, 0.1) is 15.5 Å². The molecule has 0 aliphatic carbocycles. The second-order valence-corrected chi connectivity index (χ2v) is 6.90. The second-order valence-electron chi connectivity index (χ2n) is 4.96. The Morgan fingerprint density at radius 3 is 2.48 bits per heavy atom. The molecule has 1 amide bonds. The Bertz CT molecular complexity index is 649. The fourth-order valence-corrected chi connectivity index (χ4v) is 2.42. The van der Waals surface area contributed by atoms with Gasteiger partial charge in [-0.2, -0.15) is 0 Å². The van der Waals surface area contributed by atoms with Gasteiger partial charge in [0.25, 0.3) is 5.91 Å². The third kappa shape index (κ3) is 4.39. The first-order valence-corrected chi connectivity index (χ1v) is 8.33. The van der Waals surface area contributed by atoms with Gasteiger partial charge in [-0.05, 0) is 25.0 Å². The first-order chi connectivity index (χ1) is 9.57. The van der Waals surface area contributed by atoms with Gasteiger partial charge in [0, 0.05) is 6.04 Å². The van der Waals surface area contributed by atoms with Crippen molar-refractivity contribution in [3.8, 4) is 0 Å². The first kappa shape index (κ1) is 17.9. The number of nitrogens with one attached hydrogen (secondary N) is 1. The van der Waals surface area contributed by atoms with Crippen LogP contribution >= 0.6 is 11.6 Å². The van der Waals surface area contributed by atoms with Crippen LogP contribution in [0.15, 0.2) is 17.0 Å². The molecule has 2 unspecified atom stereocenters. The van der Waals surface area contributed by atoms with Gasteiger partial charge < -0.3 is 5.32 Å². The lowest BCUT2D eigenvalue weighted by Crippen LogP contribution is -2.37. The fraction of sp³-hybridized carbons (Fsp3) is 0.462. The van der Waals surface area contributed by atoms with E-state index in [1.807, 2.05) is 13.8 Å². The third-order valence-corrected chi connectivity index (χ3v) is 4.71. The number of carbonyl (C=O) groups is 1. The molecule has 0 aromatic heterocycles. The summed E-state index contributed by atoms with van der Waals surface area (Å²) in [5.41, 5.74) is -0.254. The normalized spacial score (nSPS) is 14.6. The molecule has 0 saturated carbocycles. The quantitative estimate of drug-likeness (QED) is 0.864. The minimum absolute atomic E-state index is 0.167. The van der Waals surface area contributed by atoms with Crippen molar-refractivity contribution in [2.75, 3.05) is 0 Å². The highest BCUT2D eigenvalue weighted by atomic mass is 35.5. The van der Waals surface area contributed by atoms with Crippen LogP contribution in [0, 0.1) is 11.7 Å². The second kappa shape index (κ2) is 6.72. The molecule has 118 valence electrons. The average Bonchev–Trinajstić information content (AvgIpc) is 2.39. The summed E-state index contributed by atoms with van der Waals surface area (Å²) in [5.74, 6) is -1.44. The number of halogens is 2. The summed E-state index contributed by atoms with van der Waals surface area (Å²) < 4.78 is 36.2. The Morgan fingerprint density at radius 2 is 2.00 bits per heavy atom. The molecule has 0 fully saturated rings. The Morgan fingerprint density at radius 1 is 1.43 bits per heavy atom. The number of benzene rings is 1. The molecule has 5 nitrogen and oxygen atoms in total. The number of nitrogens with two attached hydrogens (primary N) is 1. The molecule has 0 heterocycles. The number of rotatable bonds is 5. The zero-order valence-corrected chi connectivity index (χ0v) is 13.6. The molecule has 8 heteroatoms. The molecule has 3 N–H and O–H groups in total. The molecule has 0 saturated heterocycles. The van der Waals surface area contributed by atoms with Crippen molar-refractivity contribution in [3.05, 3.63) is 28.5 Å². The summed E-state index contributed by atoms with van der Waals surface area (Å²) >= 11 is 5.74. The van der Waals surface area contributed by atoms with Crippen LogP contribution in [0.3, 0.4) is 0 Å². The maximum Gasteiger partial charge on any atom is 0.253 e. The third-order valence-electron chi connectivity index (χ3n) is 3.43. The van der Waals surface area contributed by atoms with E-state index in [1.54, 1.807) is 6.92 Å². The number of primary sulfonamides is 1. The molecular weight excluding hydrogens is 319 g/mol.